The van der Waals surface area contributed by atoms with E-state index in [1.807, 2.05) is 0 Å². The zero-order valence-electron chi connectivity index (χ0n) is 14.4. The van der Waals surface area contributed by atoms with E-state index in [9.17, 15) is 19.8 Å². The van der Waals surface area contributed by atoms with Crippen LogP contribution in [0.15, 0.2) is 36.4 Å². The molecule has 1 aliphatic heterocycles. The van der Waals surface area contributed by atoms with Crippen molar-refractivity contribution in [1.82, 2.24) is 9.80 Å². The first-order valence-corrected chi connectivity index (χ1v) is 9.17. The molecule has 6 nitrogen and oxygen atoms in total. The minimum atomic E-state index is -0.309. The molecule has 2 N–H and O–H groups in total. The Bertz CT molecular complexity index is 868. The fourth-order valence-electron chi connectivity index (χ4n) is 3.06. The molecule has 142 valence electrons. The van der Waals surface area contributed by atoms with Gasteiger partial charge in [0.2, 0.25) is 0 Å². The van der Waals surface area contributed by atoms with Gasteiger partial charge in [-0.3, -0.25) is 9.59 Å². The van der Waals surface area contributed by atoms with Crippen molar-refractivity contribution >= 4 is 35.0 Å². The lowest BCUT2D eigenvalue weighted by atomic mass is 10.1. The SMILES string of the molecule is O=C(c1cc(O)cc(O)c1)N1CCCN(C(=O)c2cc(Cl)ccc2Cl)CC1. The number of benzene rings is 2. The molecule has 27 heavy (non-hydrogen) atoms. The van der Waals surface area contributed by atoms with Crippen molar-refractivity contribution in [3.8, 4) is 11.5 Å². The molecule has 0 saturated carbocycles. The van der Waals surface area contributed by atoms with Gasteiger partial charge in [0.1, 0.15) is 11.5 Å². The van der Waals surface area contributed by atoms with Gasteiger partial charge in [-0.25, -0.2) is 0 Å². The molecule has 2 aromatic rings. The van der Waals surface area contributed by atoms with Crippen LogP contribution in [0.3, 0.4) is 0 Å². The van der Waals surface area contributed by atoms with Gasteiger partial charge < -0.3 is 20.0 Å². The minimum Gasteiger partial charge on any atom is -0.508 e. The lowest BCUT2D eigenvalue weighted by Gasteiger charge is -2.23. The Morgan fingerprint density at radius 2 is 1.41 bits per heavy atom. The first kappa shape index (κ1) is 19.3. The monoisotopic (exact) mass is 408 g/mol. The molecule has 1 saturated heterocycles. The second-order valence-corrected chi connectivity index (χ2v) is 7.14. The number of hydrogen-bond acceptors (Lipinski definition) is 4. The largest absolute Gasteiger partial charge is 0.508 e. The highest BCUT2D eigenvalue weighted by atomic mass is 35.5. The summed E-state index contributed by atoms with van der Waals surface area (Å²) in [4.78, 5) is 28.7. The first-order valence-electron chi connectivity index (χ1n) is 8.42. The summed E-state index contributed by atoms with van der Waals surface area (Å²) in [6.45, 7) is 1.62. The third-order valence-corrected chi connectivity index (χ3v) is 4.94. The van der Waals surface area contributed by atoms with E-state index >= 15 is 0 Å². The van der Waals surface area contributed by atoms with E-state index in [1.54, 1.807) is 21.9 Å². The van der Waals surface area contributed by atoms with Crippen LogP contribution >= 0.6 is 23.2 Å². The van der Waals surface area contributed by atoms with Crippen molar-refractivity contribution in [3.05, 3.63) is 57.6 Å². The summed E-state index contributed by atoms with van der Waals surface area (Å²) in [5, 5.41) is 19.9. The van der Waals surface area contributed by atoms with Crippen LogP contribution in [0.5, 0.6) is 11.5 Å². The van der Waals surface area contributed by atoms with Crippen LogP contribution in [0.1, 0.15) is 27.1 Å². The van der Waals surface area contributed by atoms with Crippen LogP contribution in [0.4, 0.5) is 0 Å². The number of aromatic hydroxyl groups is 2. The Hall–Kier alpha value is -2.44. The number of halogens is 2. The van der Waals surface area contributed by atoms with Gasteiger partial charge in [0, 0.05) is 42.8 Å². The topological polar surface area (TPSA) is 81.1 Å². The predicted molar refractivity (Wildman–Crippen MR) is 103 cm³/mol. The summed E-state index contributed by atoms with van der Waals surface area (Å²) >= 11 is 12.1. The van der Waals surface area contributed by atoms with E-state index < -0.39 is 0 Å². The maximum atomic E-state index is 12.8. The highest BCUT2D eigenvalue weighted by Crippen LogP contribution is 2.24. The van der Waals surface area contributed by atoms with Crippen molar-refractivity contribution in [1.29, 1.82) is 0 Å². The van der Waals surface area contributed by atoms with Gasteiger partial charge in [0.25, 0.3) is 11.8 Å². The van der Waals surface area contributed by atoms with Gasteiger partial charge in [0.05, 0.1) is 10.6 Å². The highest BCUT2D eigenvalue weighted by Gasteiger charge is 2.25. The zero-order chi connectivity index (χ0) is 19.6. The summed E-state index contributed by atoms with van der Waals surface area (Å²) in [6, 6.07) is 8.51. The summed E-state index contributed by atoms with van der Waals surface area (Å²) in [5.74, 6) is -0.899. The van der Waals surface area contributed by atoms with Crippen molar-refractivity contribution in [2.75, 3.05) is 26.2 Å². The predicted octanol–water partition coefficient (Wildman–Crippen LogP) is 3.39. The van der Waals surface area contributed by atoms with E-state index in [4.69, 9.17) is 23.2 Å². The van der Waals surface area contributed by atoms with Crippen molar-refractivity contribution in [2.24, 2.45) is 0 Å². The molecule has 0 aliphatic carbocycles. The number of phenolic OH excluding ortho intramolecular Hbond substituents is 2. The normalized spacial score (nSPS) is 14.7. The summed E-state index contributed by atoms with van der Waals surface area (Å²) in [6.07, 6.45) is 0.598. The molecule has 0 radical (unpaired) electrons. The molecule has 2 aromatic carbocycles. The molecule has 2 amide bonds. The van der Waals surface area contributed by atoms with Crippen molar-refractivity contribution in [2.45, 2.75) is 6.42 Å². The molecule has 0 unspecified atom stereocenters. The molecule has 0 spiro atoms. The van der Waals surface area contributed by atoms with Gasteiger partial charge in [-0.2, -0.15) is 0 Å². The Morgan fingerprint density at radius 3 is 2.04 bits per heavy atom. The molecule has 0 atom stereocenters. The molecule has 0 aromatic heterocycles. The lowest BCUT2D eigenvalue weighted by Crippen LogP contribution is -2.37. The number of amides is 2. The fourth-order valence-corrected chi connectivity index (χ4v) is 3.43. The van der Waals surface area contributed by atoms with E-state index in [2.05, 4.69) is 0 Å². The fraction of sp³-hybridized carbons (Fsp3) is 0.263. The van der Waals surface area contributed by atoms with E-state index in [0.29, 0.717) is 48.2 Å². The highest BCUT2D eigenvalue weighted by molar-refractivity contribution is 6.35. The van der Waals surface area contributed by atoms with Crippen LogP contribution < -0.4 is 0 Å². The van der Waals surface area contributed by atoms with Gasteiger partial charge in [-0.1, -0.05) is 23.2 Å². The number of carbonyl (C=O) groups excluding carboxylic acids is 2. The number of phenols is 2. The summed E-state index contributed by atoms with van der Waals surface area (Å²) < 4.78 is 0. The Morgan fingerprint density at radius 1 is 0.815 bits per heavy atom. The minimum absolute atomic E-state index is 0.180. The lowest BCUT2D eigenvalue weighted by molar-refractivity contribution is 0.0718. The van der Waals surface area contributed by atoms with Gasteiger partial charge in [0.15, 0.2) is 0 Å². The second-order valence-electron chi connectivity index (χ2n) is 6.30. The number of nitrogens with zero attached hydrogens (tertiary/aromatic N) is 2. The maximum Gasteiger partial charge on any atom is 0.255 e. The van der Waals surface area contributed by atoms with Crippen LogP contribution in [0, 0.1) is 0 Å². The van der Waals surface area contributed by atoms with E-state index in [-0.39, 0.29) is 28.9 Å². The van der Waals surface area contributed by atoms with Gasteiger partial charge in [-0.15, -0.1) is 0 Å². The second kappa shape index (κ2) is 8.06. The maximum absolute atomic E-state index is 12.8. The van der Waals surface area contributed by atoms with Crippen molar-refractivity contribution in [3.63, 3.8) is 0 Å². The Balaban J connectivity index is 1.72. The molecular formula is C19H18Cl2N2O4. The average Bonchev–Trinajstić information content (AvgIpc) is 2.88. The molecule has 0 bridgehead atoms. The van der Waals surface area contributed by atoms with Crippen LogP contribution in [-0.2, 0) is 0 Å². The molecule has 3 rings (SSSR count). The molecule has 1 aliphatic rings. The zero-order valence-corrected chi connectivity index (χ0v) is 15.9. The number of hydrogen-bond donors (Lipinski definition) is 2. The van der Waals surface area contributed by atoms with Crippen LogP contribution in [-0.4, -0.2) is 58.0 Å². The third-order valence-electron chi connectivity index (χ3n) is 4.38. The molecule has 1 heterocycles. The first-order chi connectivity index (χ1) is 12.8. The van der Waals surface area contributed by atoms with E-state index in [1.165, 1.54) is 18.2 Å². The number of carbonyl (C=O) groups is 2. The molecule has 1 fully saturated rings. The van der Waals surface area contributed by atoms with Crippen LogP contribution in [0.25, 0.3) is 0 Å². The van der Waals surface area contributed by atoms with E-state index in [0.717, 1.165) is 6.07 Å². The Labute approximate surface area is 166 Å². The summed E-state index contributed by atoms with van der Waals surface area (Å²) in [5.41, 5.74) is 0.534. The smallest absolute Gasteiger partial charge is 0.255 e. The van der Waals surface area contributed by atoms with Crippen molar-refractivity contribution < 1.29 is 19.8 Å². The van der Waals surface area contributed by atoms with Gasteiger partial charge >= 0.3 is 0 Å². The third kappa shape index (κ3) is 4.46. The van der Waals surface area contributed by atoms with Gasteiger partial charge in [-0.05, 0) is 36.8 Å². The average molecular weight is 409 g/mol. The molecule has 8 heteroatoms. The van der Waals surface area contributed by atoms with Crippen LogP contribution in [0.2, 0.25) is 10.0 Å². The Kier molecular flexibility index (Phi) is 5.77. The number of rotatable bonds is 2. The molecular weight excluding hydrogens is 391 g/mol. The standard InChI is InChI=1S/C19H18Cl2N2O4/c20-13-2-3-17(21)16(10-13)19(27)23-5-1-4-22(6-7-23)18(26)12-8-14(24)11-15(25)9-12/h2-3,8-11,24-25H,1,4-7H2. The quantitative estimate of drug-likeness (QED) is 0.797. The summed E-state index contributed by atoms with van der Waals surface area (Å²) in [7, 11) is 0.